The van der Waals surface area contributed by atoms with Crippen molar-refractivity contribution in [3.63, 3.8) is 0 Å². The fraction of sp³-hybridized carbons (Fsp3) is 1.00. The smallest absolute Gasteiger partial charge is 0.314 e. The summed E-state index contributed by atoms with van der Waals surface area (Å²) >= 11 is 0. The van der Waals surface area contributed by atoms with Gasteiger partial charge in [0.05, 0.1) is 0 Å². The Morgan fingerprint density at radius 3 is 1.50 bits per heavy atom. The molecule has 2 N–H and O–H groups in total. The van der Waals surface area contributed by atoms with E-state index in [1.54, 1.807) is 0 Å². The average molecular weight is 168 g/mol. The molecule has 0 bridgehead atoms. The summed E-state index contributed by atoms with van der Waals surface area (Å²) in [6.07, 6.45) is 2.66. The first-order valence-electron chi connectivity index (χ1n) is 3.46. The largest absolute Gasteiger partial charge is 0.326 e. The minimum atomic E-state index is -3.13. The first kappa shape index (κ1) is 12.8. The van der Waals surface area contributed by atoms with E-state index in [-0.39, 0.29) is 0 Å². The van der Waals surface area contributed by atoms with E-state index in [2.05, 4.69) is 20.8 Å². The van der Waals surface area contributed by atoms with Crippen molar-refractivity contribution >= 4 is 8.25 Å². The van der Waals surface area contributed by atoms with E-state index >= 15 is 0 Å². The third kappa shape index (κ3) is 24.2. The Kier molecular flexibility index (Phi) is 11.7. The zero-order valence-electron chi connectivity index (χ0n) is 6.79. The summed E-state index contributed by atoms with van der Waals surface area (Å²) < 4.78 is 8.74. The van der Waals surface area contributed by atoms with Crippen LogP contribution in [0, 0.1) is 5.92 Å². The molecule has 0 spiro atoms. The lowest BCUT2D eigenvalue weighted by molar-refractivity contribution is 0.405. The topological polar surface area (TPSA) is 57.5 Å². The highest BCUT2D eigenvalue weighted by Gasteiger charge is 1.88. The zero-order chi connectivity index (χ0) is 8.57. The fourth-order valence-corrected chi connectivity index (χ4v) is 0.289. The van der Waals surface area contributed by atoms with Crippen LogP contribution in [-0.2, 0) is 4.57 Å². The van der Waals surface area contributed by atoms with Gasteiger partial charge in [-0.2, -0.15) is 0 Å². The minimum absolute atomic E-state index is 0.935. The molecule has 0 aliphatic rings. The van der Waals surface area contributed by atoms with Crippen LogP contribution in [0.25, 0.3) is 0 Å². The fourth-order valence-electron chi connectivity index (χ4n) is 0.289. The summed E-state index contributed by atoms with van der Waals surface area (Å²) in [6.45, 7) is 6.74. The Labute approximate surface area is 63.0 Å². The average Bonchev–Trinajstić information content (AvgIpc) is 1.85. The molecular formula is C6H17O3P. The molecule has 0 rings (SSSR count). The lowest BCUT2D eigenvalue weighted by Gasteiger charge is -1.98. The first-order chi connectivity index (χ1) is 4.54. The zero-order valence-corrected chi connectivity index (χ0v) is 7.79. The third-order valence-corrected chi connectivity index (χ3v) is 1.39. The molecule has 0 unspecified atom stereocenters. The van der Waals surface area contributed by atoms with Gasteiger partial charge in [0.2, 0.25) is 0 Å². The molecule has 0 aromatic rings. The van der Waals surface area contributed by atoms with Crippen LogP contribution in [-0.4, -0.2) is 9.79 Å². The lowest BCUT2D eigenvalue weighted by Crippen LogP contribution is -1.85. The standard InChI is InChI=1S/C6H14.H3O3P/c1-4-6(3)5-2;1-4(2)3/h6H,4-5H2,1-3H3;4H,(H2,1,2,3). The molecule has 0 aliphatic heterocycles. The Morgan fingerprint density at radius 1 is 1.30 bits per heavy atom. The van der Waals surface area contributed by atoms with E-state index in [0.29, 0.717) is 0 Å². The maximum Gasteiger partial charge on any atom is 0.314 e. The van der Waals surface area contributed by atoms with Gasteiger partial charge in [-0.1, -0.05) is 33.6 Å². The Hall–Kier alpha value is 0.150. The molecule has 4 heteroatoms. The molecule has 0 saturated heterocycles. The van der Waals surface area contributed by atoms with E-state index in [9.17, 15) is 0 Å². The number of rotatable bonds is 2. The van der Waals surface area contributed by atoms with Crippen molar-refractivity contribution in [1.29, 1.82) is 0 Å². The van der Waals surface area contributed by atoms with Crippen molar-refractivity contribution in [2.45, 2.75) is 33.6 Å². The second-order valence-electron chi connectivity index (χ2n) is 2.20. The molecule has 0 amide bonds. The summed E-state index contributed by atoms with van der Waals surface area (Å²) in [7, 11) is -3.13. The van der Waals surface area contributed by atoms with Crippen molar-refractivity contribution in [3.05, 3.63) is 0 Å². The summed E-state index contributed by atoms with van der Waals surface area (Å²) in [5, 5.41) is 0. The second kappa shape index (κ2) is 9.15. The van der Waals surface area contributed by atoms with Crippen LogP contribution in [0.15, 0.2) is 0 Å². The van der Waals surface area contributed by atoms with Crippen LogP contribution in [0.4, 0.5) is 0 Å². The highest BCUT2D eigenvalue weighted by molar-refractivity contribution is 7.30. The van der Waals surface area contributed by atoms with Gasteiger partial charge in [-0.25, -0.2) is 0 Å². The quantitative estimate of drug-likeness (QED) is 0.618. The maximum absolute atomic E-state index is 8.74. The van der Waals surface area contributed by atoms with E-state index in [0.717, 1.165) is 5.92 Å². The van der Waals surface area contributed by atoms with Gasteiger partial charge in [-0.3, -0.25) is 4.57 Å². The molecule has 0 saturated carbocycles. The van der Waals surface area contributed by atoms with Crippen LogP contribution in [0.1, 0.15) is 33.6 Å². The molecule has 0 fully saturated rings. The molecule has 0 aromatic carbocycles. The van der Waals surface area contributed by atoms with E-state index in [1.807, 2.05) is 0 Å². The van der Waals surface area contributed by atoms with Crippen molar-refractivity contribution in [2.75, 3.05) is 0 Å². The van der Waals surface area contributed by atoms with Crippen molar-refractivity contribution < 1.29 is 14.4 Å². The summed E-state index contributed by atoms with van der Waals surface area (Å²) in [5.74, 6) is 0.935. The lowest BCUT2D eigenvalue weighted by atomic mass is 10.1. The Morgan fingerprint density at radius 2 is 1.50 bits per heavy atom. The number of hydrogen-bond acceptors (Lipinski definition) is 1. The predicted octanol–water partition coefficient (Wildman–Crippen LogP) is 1.80. The van der Waals surface area contributed by atoms with Crippen LogP contribution >= 0.6 is 8.25 Å². The van der Waals surface area contributed by atoms with Crippen molar-refractivity contribution in [2.24, 2.45) is 5.92 Å². The van der Waals surface area contributed by atoms with Crippen LogP contribution in [0.2, 0.25) is 0 Å². The summed E-state index contributed by atoms with van der Waals surface area (Å²) in [6, 6.07) is 0. The van der Waals surface area contributed by atoms with E-state index in [4.69, 9.17) is 14.4 Å². The third-order valence-electron chi connectivity index (χ3n) is 1.39. The van der Waals surface area contributed by atoms with Crippen LogP contribution in [0.3, 0.4) is 0 Å². The van der Waals surface area contributed by atoms with Gasteiger partial charge in [-0.05, 0) is 5.92 Å². The minimum Gasteiger partial charge on any atom is -0.326 e. The van der Waals surface area contributed by atoms with Gasteiger partial charge >= 0.3 is 8.25 Å². The van der Waals surface area contributed by atoms with E-state index < -0.39 is 8.25 Å². The molecular weight excluding hydrogens is 151 g/mol. The van der Waals surface area contributed by atoms with Crippen LogP contribution in [0.5, 0.6) is 0 Å². The SMILES string of the molecule is CCC(C)CC.O=[PH](O)O. The first-order valence-corrected chi connectivity index (χ1v) is 4.76. The molecule has 0 atom stereocenters. The normalized spacial score (nSPS) is 9.50. The predicted molar refractivity (Wildman–Crippen MR) is 43.2 cm³/mol. The molecule has 64 valence electrons. The van der Waals surface area contributed by atoms with Gasteiger partial charge in [0.25, 0.3) is 0 Å². The molecule has 0 radical (unpaired) electrons. The summed E-state index contributed by atoms with van der Waals surface area (Å²) in [5.41, 5.74) is 0. The molecule has 0 heterocycles. The monoisotopic (exact) mass is 168 g/mol. The van der Waals surface area contributed by atoms with Crippen LogP contribution < -0.4 is 0 Å². The maximum atomic E-state index is 8.74. The molecule has 0 aromatic heterocycles. The Balaban J connectivity index is 0. The highest BCUT2D eigenvalue weighted by atomic mass is 31.1. The van der Waals surface area contributed by atoms with Crippen molar-refractivity contribution in [1.82, 2.24) is 0 Å². The number of hydrogen-bond donors (Lipinski definition) is 2. The summed E-state index contributed by atoms with van der Waals surface area (Å²) in [4.78, 5) is 14.3. The highest BCUT2D eigenvalue weighted by Crippen LogP contribution is 2.02. The molecule has 0 aliphatic carbocycles. The van der Waals surface area contributed by atoms with E-state index in [1.165, 1.54) is 12.8 Å². The molecule has 3 nitrogen and oxygen atoms in total. The van der Waals surface area contributed by atoms with Gasteiger partial charge in [-0.15, -0.1) is 0 Å². The van der Waals surface area contributed by atoms with Gasteiger partial charge in [0.15, 0.2) is 0 Å². The molecule has 10 heavy (non-hydrogen) atoms. The van der Waals surface area contributed by atoms with Crippen molar-refractivity contribution in [3.8, 4) is 0 Å². The van der Waals surface area contributed by atoms with Gasteiger partial charge in [0, 0.05) is 0 Å². The van der Waals surface area contributed by atoms with Gasteiger partial charge in [0.1, 0.15) is 0 Å². The second-order valence-corrected chi connectivity index (χ2v) is 2.77. The Bertz CT molecular complexity index is 77.1. The van der Waals surface area contributed by atoms with Gasteiger partial charge < -0.3 is 9.79 Å².